The molecule has 0 amide bonds. The van der Waals surface area contributed by atoms with Gasteiger partial charge in [-0.3, -0.25) is 0 Å². The van der Waals surface area contributed by atoms with Gasteiger partial charge in [-0.05, 0) is 12.1 Å². The van der Waals surface area contributed by atoms with Crippen LogP contribution >= 0.6 is 0 Å². The van der Waals surface area contributed by atoms with Gasteiger partial charge in [0.15, 0.2) is 0 Å². The number of aromatic amines is 1. The van der Waals surface area contributed by atoms with E-state index in [-0.39, 0.29) is 0 Å². The number of hydrogen-bond acceptors (Lipinski definition) is 3. The van der Waals surface area contributed by atoms with Crippen LogP contribution in [0.25, 0.3) is 11.3 Å². The van der Waals surface area contributed by atoms with Crippen molar-refractivity contribution in [1.82, 2.24) is 9.97 Å². The first-order valence-corrected chi connectivity index (χ1v) is 4.23. The van der Waals surface area contributed by atoms with Crippen LogP contribution in [0.2, 0.25) is 0 Å². The van der Waals surface area contributed by atoms with Crippen LogP contribution < -0.4 is 10.5 Å². The van der Waals surface area contributed by atoms with Crippen molar-refractivity contribution in [2.24, 2.45) is 0 Å². The van der Waals surface area contributed by atoms with Crippen molar-refractivity contribution in [3.8, 4) is 17.0 Å². The van der Waals surface area contributed by atoms with Crippen molar-refractivity contribution in [1.29, 1.82) is 0 Å². The number of methoxy groups -OCH3 is 1. The third kappa shape index (κ3) is 1.42. The van der Waals surface area contributed by atoms with Crippen LogP contribution in [0.1, 0.15) is 0 Å². The molecule has 0 atom stereocenters. The molecule has 3 N–H and O–H groups in total. The Labute approximate surface area is 81.7 Å². The first-order valence-electron chi connectivity index (χ1n) is 4.23. The highest BCUT2D eigenvalue weighted by molar-refractivity contribution is 5.66. The van der Waals surface area contributed by atoms with E-state index in [4.69, 9.17) is 10.5 Å². The summed E-state index contributed by atoms with van der Waals surface area (Å²) in [5.41, 5.74) is 8.29. The monoisotopic (exact) mass is 189 g/mol. The summed E-state index contributed by atoms with van der Waals surface area (Å²) in [5.74, 6) is 0.678. The van der Waals surface area contributed by atoms with Crippen LogP contribution in [0.15, 0.2) is 30.7 Å². The zero-order valence-corrected chi connectivity index (χ0v) is 7.82. The zero-order chi connectivity index (χ0) is 9.97. The van der Waals surface area contributed by atoms with Gasteiger partial charge in [0.25, 0.3) is 0 Å². The Bertz CT molecular complexity index is 423. The van der Waals surface area contributed by atoms with Crippen molar-refractivity contribution >= 4 is 5.69 Å². The summed E-state index contributed by atoms with van der Waals surface area (Å²) < 4.78 is 5.12. The van der Waals surface area contributed by atoms with Gasteiger partial charge in [-0.1, -0.05) is 6.07 Å². The molecular weight excluding hydrogens is 178 g/mol. The Kier molecular flexibility index (Phi) is 2.10. The highest BCUT2D eigenvalue weighted by Gasteiger charge is 2.03. The van der Waals surface area contributed by atoms with Crippen molar-refractivity contribution < 1.29 is 4.74 Å². The fraction of sp³-hybridized carbons (Fsp3) is 0.100. The lowest BCUT2D eigenvalue weighted by molar-refractivity contribution is 0.417. The van der Waals surface area contributed by atoms with Gasteiger partial charge in [0.2, 0.25) is 0 Å². The summed E-state index contributed by atoms with van der Waals surface area (Å²) in [5, 5.41) is 0. The highest BCUT2D eigenvalue weighted by atomic mass is 16.5. The number of rotatable bonds is 2. The molecule has 0 saturated heterocycles. The molecule has 1 aromatic carbocycles. The van der Waals surface area contributed by atoms with E-state index >= 15 is 0 Å². The average Bonchev–Trinajstić information content (AvgIpc) is 2.71. The normalized spacial score (nSPS) is 10.1. The predicted molar refractivity (Wildman–Crippen MR) is 55.0 cm³/mol. The molecule has 4 nitrogen and oxygen atoms in total. The molecule has 2 aromatic rings. The maximum absolute atomic E-state index is 5.70. The molecule has 0 unspecified atom stereocenters. The van der Waals surface area contributed by atoms with E-state index in [0.717, 1.165) is 11.3 Å². The van der Waals surface area contributed by atoms with Gasteiger partial charge in [0, 0.05) is 5.56 Å². The summed E-state index contributed by atoms with van der Waals surface area (Å²) in [6, 6.07) is 5.61. The van der Waals surface area contributed by atoms with Gasteiger partial charge < -0.3 is 15.5 Å². The lowest BCUT2D eigenvalue weighted by Crippen LogP contribution is -1.92. The van der Waals surface area contributed by atoms with Crippen molar-refractivity contribution in [2.45, 2.75) is 0 Å². The van der Waals surface area contributed by atoms with E-state index in [0.29, 0.717) is 11.4 Å². The van der Waals surface area contributed by atoms with Crippen molar-refractivity contribution in [3.05, 3.63) is 30.7 Å². The Morgan fingerprint density at radius 2 is 2.29 bits per heavy atom. The summed E-state index contributed by atoms with van der Waals surface area (Å²) >= 11 is 0. The maximum Gasteiger partial charge on any atom is 0.142 e. The molecule has 0 bridgehead atoms. The van der Waals surface area contributed by atoms with Gasteiger partial charge in [-0.15, -0.1) is 0 Å². The predicted octanol–water partition coefficient (Wildman–Crippen LogP) is 1.67. The number of imidazole rings is 1. The molecule has 0 spiro atoms. The van der Waals surface area contributed by atoms with E-state index in [1.54, 1.807) is 19.6 Å². The molecule has 0 radical (unpaired) electrons. The number of H-pyrrole nitrogens is 1. The second-order valence-corrected chi connectivity index (χ2v) is 2.92. The minimum atomic E-state index is 0.635. The van der Waals surface area contributed by atoms with Crippen molar-refractivity contribution in [3.63, 3.8) is 0 Å². The first-order chi connectivity index (χ1) is 6.81. The number of benzene rings is 1. The minimum absolute atomic E-state index is 0.635. The Morgan fingerprint density at radius 1 is 1.43 bits per heavy atom. The summed E-state index contributed by atoms with van der Waals surface area (Å²) in [6.07, 6.45) is 3.39. The van der Waals surface area contributed by atoms with Gasteiger partial charge in [-0.2, -0.15) is 0 Å². The molecule has 1 heterocycles. The quantitative estimate of drug-likeness (QED) is 0.706. The van der Waals surface area contributed by atoms with Crippen LogP contribution in [0, 0.1) is 0 Å². The molecule has 1 aromatic heterocycles. The number of hydrogen-bond donors (Lipinski definition) is 2. The lowest BCUT2D eigenvalue weighted by Gasteiger charge is -2.05. The number of ether oxygens (including phenoxy) is 1. The van der Waals surface area contributed by atoms with E-state index in [1.807, 2.05) is 18.2 Å². The Balaban J connectivity index is 2.46. The maximum atomic E-state index is 5.70. The summed E-state index contributed by atoms with van der Waals surface area (Å²) in [7, 11) is 1.60. The minimum Gasteiger partial charge on any atom is -0.495 e. The molecule has 0 saturated carbocycles. The molecule has 0 aliphatic rings. The lowest BCUT2D eigenvalue weighted by atomic mass is 10.1. The number of nitrogens with one attached hydrogen (secondary N) is 1. The molecule has 14 heavy (non-hydrogen) atoms. The van der Waals surface area contributed by atoms with Gasteiger partial charge >= 0.3 is 0 Å². The molecule has 0 fully saturated rings. The van der Waals surface area contributed by atoms with Gasteiger partial charge in [-0.25, -0.2) is 4.98 Å². The SMILES string of the molecule is COc1cc(-c2cnc[nH]2)ccc1N. The number of anilines is 1. The third-order valence-corrected chi connectivity index (χ3v) is 2.04. The topological polar surface area (TPSA) is 63.9 Å². The van der Waals surface area contributed by atoms with E-state index in [2.05, 4.69) is 9.97 Å². The molecule has 0 aliphatic carbocycles. The zero-order valence-electron chi connectivity index (χ0n) is 7.82. The number of nitrogen functional groups attached to an aromatic ring is 1. The number of aromatic nitrogens is 2. The standard InChI is InChI=1S/C10H11N3O/c1-14-10-4-7(2-3-8(10)11)9-5-12-6-13-9/h2-6H,11H2,1H3,(H,12,13). The van der Waals surface area contributed by atoms with Crippen LogP contribution in [0.4, 0.5) is 5.69 Å². The van der Waals surface area contributed by atoms with Crippen molar-refractivity contribution in [2.75, 3.05) is 12.8 Å². The molecule has 2 rings (SSSR count). The Hall–Kier alpha value is -1.97. The number of nitrogens with zero attached hydrogens (tertiary/aromatic N) is 1. The van der Waals surface area contributed by atoms with Crippen LogP contribution in [0.3, 0.4) is 0 Å². The fourth-order valence-electron chi connectivity index (χ4n) is 1.29. The summed E-state index contributed by atoms with van der Waals surface area (Å²) in [6.45, 7) is 0. The largest absolute Gasteiger partial charge is 0.495 e. The Morgan fingerprint density at radius 3 is 2.93 bits per heavy atom. The fourth-order valence-corrected chi connectivity index (χ4v) is 1.29. The van der Waals surface area contributed by atoms with Crippen LogP contribution in [-0.4, -0.2) is 17.1 Å². The molecule has 4 heteroatoms. The van der Waals surface area contributed by atoms with Crippen LogP contribution in [-0.2, 0) is 0 Å². The molecule has 0 aliphatic heterocycles. The third-order valence-electron chi connectivity index (χ3n) is 2.04. The number of nitrogens with two attached hydrogens (primary N) is 1. The second kappa shape index (κ2) is 3.41. The van der Waals surface area contributed by atoms with Crippen LogP contribution in [0.5, 0.6) is 5.75 Å². The van der Waals surface area contributed by atoms with E-state index in [9.17, 15) is 0 Å². The van der Waals surface area contributed by atoms with Gasteiger partial charge in [0.1, 0.15) is 5.75 Å². The highest BCUT2D eigenvalue weighted by Crippen LogP contribution is 2.27. The van der Waals surface area contributed by atoms with Gasteiger partial charge in [0.05, 0.1) is 31.0 Å². The molecule has 72 valence electrons. The molecular formula is C10H11N3O. The summed E-state index contributed by atoms with van der Waals surface area (Å²) in [4.78, 5) is 6.97. The first kappa shape index (κ1) is 8.62. The van der Waals surface area contributed by atoms with E-state index < -0.39 is 0 Å². The average molecular weight is 189 g/mol. The van der Waals surface area contributed by atoms with E-state index in [1.165, 1.54) is 0 Å². The second-order valence-electron chi connectivity index (χ2n) is 2.92. The smallest absolute Gasteiger partial charge is 0.142 e.